The third kappa shape index (κ3) is 4.46. The van der Waals surface area contributed by atoms with Gasteiger partial charge in [-0.1, -0.05) is 0 Å². The molecule has 2 amide bonds. The number of ether oxygens (including phenoxy) is 2. The molecule has 1 aromatic rings. The highest BCUT2D eigenvalue weighted by atomic mass is 16.5. The molecule has 0 unspecified atom stereocenters. The van der Waals surface area contributed by atoms with Gasteiger partial charge in [0.25, 0.3) is 0 Å². The van der Waals surface area contributed by atoms with Crippen LogP contribution in [0.2, 0.25) is 0 Å². The Morgan fingerprint density at radius 2 is 1.91 bits per heavy atom. The van der Waals surface area contributed by atoms with E-state index in [9.17, 15) is 9.59 Å². The fourth-order valence-electron chi connectivity index (χ4n) is 1.96. The zero-order valence-electron chi connectivity index (χ0n) is 12.9. The van der Waals surface area contributed by atoms with E-state index in [1.807, 2.05) is 13.8 Å². The molecule has 0 fully saturated rings. The maximum Gasteiger partial charge on any atom is 0.431 e. The number of hydrogen-bond donors (Lipinski definition) is 1. The fourth-order valence-corrected chi connectivity index (χ4v) is 1.96. The van der Waals surface area contributed by atoms with E-state index in [0.717, 1.165) is 18.2 Å². The van der Waals surface area contributed by atoms with Crippen molar-refractivity contribution in [1.82, 2.24) is 5.01 Å². The number of aryl methyl sites for hydroxylation is 2. The summed E-state index contributed by atoms with van der Waals surface area (Å²) in [6, 6.07) is 5.57. The smallest absolute Gasteiger partial charge is 0.431 e. The van der Waals surface area contributed by atoms with Crippen molar-refractivity contribution in [3.63, 3.8) is 0 Å². The van der Waals surface area contributed by atoms with E-state index < -0.39 is 12.0 Å². The van der Waals surface area contributed by atoms with Gasteiger partial charge >= 0.3 is 6.09 Å². The Balaban J connectivity index is 2.51. The molecule has 7 nitrogen and oxygen atoms in total. The first-order valence-electron chi connectivity index (χ1n) is 6.70. The first kappa shape index (κ1) is 17.5. The van der Waals surface area contributed by atoms with Crippen LogP contribution >= 0.6 is 0 Å². The summed E-state index contributed by atoms with van der Waals surface area (Å²) in [5.74, 6) is 5.44. The zero-order chi connectivity index (χ0) is 16.7. The minimum Gasteiger partial charge on any atom is -0.493 e. The molecule has 0 saturated carbocycles. The van der Waals surface area contributed by atoms with Gasteiger partial charge in [0.05, 0.1) is 25.3 Å². The van der Waals surface area contributed by atoms with Crippen molar-refractivity contribution in [3.8, 4) is 11.8 Å². The topological polar surface area (TPSA) is 106 Å². The number of amides is 2. The quantitative estimate of drug-likeness (QED) is 0.385. The molecular formula is C15H19N3O4. The number of carbonyl (C=O) groups is 2. The van der Waals surface area contributed by atoms with Gasteiger partial charge in [-0.2, -0.15) is 10.3 Å². The summed E-state index contributed by atoms with van der Waals surface area (Å²) in [7, 11) is 1.15. The van der Waals surface area contributed by atoms with Crippen LogP contribution in [0.4, 0.5) is 4.79 Å². The van der Waals surface area contributed by atoms with Gasteiger partial charge in [0.1, 0.15) is 5.75 Å². The molecule has 2 N–H and O–H groups in total. The van der Waals surface area contributed by atoms with E-state index in [1.165, 1.54) is 0 Å². The number of nitriles is 1. The number of hydrazine groups is 1. The number of hydrogen-bond acceptors (Lipinski definition) is 6. The molecule has 1 aromatic carbocycles. The van der Waals surface area contributed by atoms with Crippen molar-refractivity contribution >= 4 is 12.0 Å². The van der Waals surface area contributed by atoms with Gasteiger partial charge in [-0.3, -0.25) is 4.79 Å². The second kappa shape index (κ2) is 8.00. The number of rotatable bonds is 5. The molecule has 0 atom stereocenters. The minimum absolute atomic E-state index is 0.0694. The summed E-state index contributed by atoms with van der Waals surface area (Å²) < 4.78 is 9.99. The lowest BCUT2D eigenvalue weighted by Gasteiger charge is -2.14. The molecule has 7 heteroatoms. The van der Waals surface area contributed by atoms with E-state index in [-0.39, 0.29) is 6.42 Å². The molecule has 0 aliphatic rings. The summed E-state index contributed by atoms with van der Waals surface area (Å²) in [4.78, 5) is 22.6. The van der Waals surface area contributed by atoms with Crippen LogP contribution in [-0.2, 0) is 9.53 Å². The standard InChI is InChI=1S/C15H19N3O4/c1-10-7-12(9-16)8-11(2)14(10)22-6-4-5-13(19)18(17)15(20)21-3/h7-8H,4-6,17H2,1-3H3. The number of nitrogens with zero attached hydrogens (tertiary/aromatic N) is 2. The van der Waals surface area contributed by atoms with E-state index in [1.54, 1.807) is 12.1 Å². The van der Waals surface area contributed by atoms with Crippen molar-refractivity contribution in [2.24, 2.45) is 5.84 Å². The van der Waals surface area contributed by atoms with E-state index in [4.69, 9.17) is 15.8 Å². The van der Waals surface area contributed by atoms with Crippen LogP contribution in [-0.4, -0.2) is 30.7 Å². The van der Waals surface area contributed by atoms with Crippen molar-refractivity contribution in [3.05, 3.63) is 28.8 Å². The van der Waals surface area contributed by atoms with Crippen LogP contribution in [0.15, 0.2) is 12.1 Å². The van der Waals surface area contributed by atoms with Crippen LogP contribution in [0.5, 0.6) is 5.75 Å². The van der Waals surface area contributed by atoms with E-state index in [2.05, 4.69) is 10.8 Å². The van der Waals surface area contributed by atoms with E-state index in [0.29, 0.717) is 29.3 Å². The van der Waals surface area contributed by atoms with Gasteiger partial charge in [-0.05, 0) is 43.5 Å². The molecule has 0 saturated heterocycles. The number of benzene rings is 1. The first-order valence-corrected chi connectivity index (χ1v) is 6.70. The average molecular weight is 305 g/mol. The number of imide groups is 1. The Bertz CT molecular complexity index is 584. The van der Waals surface area contributed by atoms with Crippen LogP contribution < -0.4 is 10.6 Å². The third-order valence-corrected chi connectivity index (χ3v) is 3.01. The summed E-state index contributed by atoms with van der Waals surface area (Å²) in [6.45, 7) is 4.01. The molecule has 1 rings (SSSR count). The monoisotopic (exact) mass is 305 g/mol. The van der Waals surface area contributed by atoms with Crippen LogP contribution in [0.25, 0.3) is 0 Å². The highest BCUT2D eigenvalue weighted by Gasteiger charge is 2.17. The fraction of sp³-hybridized carbons (Fsp3) is 0.400. The Kier molecular flexibility index (Phi) is 6.35. The summed E-state index contributed by atoms with van der Waals surface area (Å²) >= 11 is 0. The number of methoxy groups -OCH3 is 1. The van der Waals surface area contributed by atoms with Gasteiger partial charge in [0.2, 0.25) is 5.91 Å². The Labute approximate surface area is 129 Å². The molecule has 0 radical (unpaired) electrons. The van der Waals surface area contributed by atoms with Gasteiger partial charge < -0.3 is 9.47 Å². The largest absolute Gasteiger partial charge is 0.493 e. The van der Waals surface area contributed by atoms with Gasteiger partial charge in [-0.25, -0.2) is 10.6 Å². The lowest BCUT2D eigenvalue weighted by atomic mass is 10.1. The Morgan fingerprint density at radius 3 is 2.41 bits per heavy atom. The molecule has 22 heavy (non-hydrogen) atoms. The van der Waals surface area contributed by atoms with Crippen LogP contribution in [0, 0.1) is 25.2 Å². The average Bonchev–Trinajstić information content (AvgIpc) is 2.51. The molecule has 0 heterocycles. The van der Waals surface area contributed by atoms with Crippen molar-refractivity contribution in [2.45, 2.75) is 26.7 Å². The summed E-state index contributed by atoms with van der Waals surface area (Å²) in [6.07, 6.45) is -0.424. The summed E-state index contributed by atoms with van der Waals surface area (Å²) in [5.41, 5.74) is 2.30. The molecule has 0 bridgehead atoms. The minimum atomic E-state index is -0.898. The summed E-state index contributed by atoms with van der Waals surface area (Å²) in [5, 5.41) is 9.33. The number of carbonyl (C=O) groups excluding carboxylic acids is 2. The lowest BCUT2D eigenvalue weighted by Crippen LogP contribution is -2.42. The van der Waals surface area contributed by atoms with Crippen LogP contribution in [0.1, 0.15) is 29.5 Å². The second-order valence-electron chi connectivity index (χ2n) is 4.74. The molecule has 0 spiro atoms. The Morgan fingerprint density at radius 1 is 1.32 bits per heavy atom. The molecule has 118 valence electrons. The molecule has 0 aromatic heterocycles. The zero-order valence-corrected chi connectivity index (χ0v) is 12.9. The van der Waals surface area contributed by atoms with Gasteiger partial charge in [0, 0.05) is 6.42 Å². The third-order valence-electron chi connectivity index (χ3n) is 3.01. The second-order valence-corrected chi connectivity index (χ2v) is 4.74. The normalized spacial score (nSPS) is 9.77. The maximum atomic E-state index is 11.6. The Hall–Kier alpha value is -2.59. The van der Waals surface area contributed by atoms with Gasteiger partial charge in [-0.15, -0.1) is 0 Å². The molecule has 0 aliphatic carbocycles. The molecular weight excluding hydrogens is 286 g/mol. The van der Waals surface area contributed by atoms with E-state index >= 15 is 0 Å². The van der Waals surface area contributed by atoms with Crippen molar-refractivity contribution in [2.75, 3.05) is 13.7 Å². The number of nitrogens with two attached hydrogens (primary N) is 1. The maximum absolute atomic E-state index is 11.6. The SMILES string of the molecule is COC(=O)N(N)C(=O)CCCOc1c(C)cc(C#N)cc1C. The highest BCUT2D eigenvalue weighted by Crippen LogP contribution is 2.24. The van der Waals surface area contributed by atoms with Crippen molar-refractivity contribution < 1.29 is 19.1 Å². The first-order chi connectivity index (χ1) is 10.4. The van der Waals surface area contributed by atoms with Gasteiger partial charge in [0.15, 0.2) is 0 Å². The predicted octanol–water partition coefficient (Wildman–Crippen LogP) is 1.80. The lowest BCUT2D eigenvalue weighted by molar-refractivity contribution is -0.129. The highest BCUT2D eigenvalue weighted by molar-refractivity contribution is 5.90. The molecule has 0 aliphatic heterocycles. The van der Waals surface area contributed by atoms with Crippen LogP contribution in [0.3, 0.4) is 0 Å². The predicted molar refractivity (Wildman–Crippen MR) is 78.8 cm³/mol. The van der Waals surface area contributed by atoms with Crippen molar-refractivity contribution in [1.29, 1.82) is 5.26 Å².